The van der Waals surface area contributed by atoms with Crippen LogP contribution in [0.15, 0.2) is 78.9 Å². The van der Waals surface area contributed by atoms with Crippen LogP contribution in [0, 0.1) is 0 Å². The van der Waals surface area contributed by atoms with Crippen LogP contribution in [0.5, 0.6) is 0 Å². The second kappa shape index (κ2) is 6.31. The van der Waals surface area contributed by atoms with Gasteiger partial charge in [-0.3, -0.25) is 0 Å². The van der Waals surface area contributed by atoms with Crippen LogP contribution in [-0.2, 0) is 0 Å². The normalized spacial score (nSPS) is 11.1. The number of hydrogen-bond acceptors (Lipinski definition) is 1. The third kappa shape index (κ3) is 2.80. The average molecular weight is 376 g/mol. The predicted octanol–water partition coefficient (Wildman–Crippen LogP) is 3.71. The SMILES string of the molecule is CN(C)c1ccc([Se]c2c3ccccc3cc3ccccc23)cc1. The van der Waals surface area contributed by atoms with Crippen LogP contribution in [0.1, 0.15) is 0 Å². The molecule has 0 heterocycles. The molecule has 0 unspecified atom stereocenters. The van der Waals surface area contributed by atoms with Gasteiger partial charge in [0.1, 0.15) is 0 Å². The minimum absolute atomic E-state index is 0.283. The van der Waals surface area contributed by atoms with Gasteiger partial charge >= 0.3 is 149 Å². The Hall–Kier alpha value is -2.28. The van der Waals surface area contributed by atoms with E-state index in [0.29, 0.717) is 0 Å². The molecule has 0 amide bonds. The van der Waals surface area contributed by atoms with Crippen LogP contribution >= 0.6 is 0 Å². The molecule has 0 spiro atoms. The van der Waals surface area contributed by atoms with Gasteiger partial charge < -0.3 is 0 Å². The molecule has 0 N–H and O–H groups in total. The summed E-state index contributed by atoms with van der Waals surface area (Å²) in [5.41, 5.74) is 1.25. The van der Waals surface area contributed by atoms with E-state index in [9.17, 15) is 0 Å². The van der Waals surface area contributed by atoms with Crippen molar-refractivity contribution in [2.45, 2.75) is 0 Å². The van der Waals surface area contributed by atoms with Crippen LogP contribution < -0.4 is 13.8 Å². The van der Waals surface area contributed by atoms with E-state index in [2.05, 4.69) is 97.9 Å². The van der Waals surface area contributed by atoms with Gasteiger partial charge in [0, 0.05) is 0 Å². The van der Waals surface area contributed by atoms with Gasteiger partial charge in [-0.15, -0.1) is 0 Å². The summed E-state index contributed by atoms with van der Waals surface area (Å²) in [6, 6.07) is 28.8. The van der Waals surface area contributed by atoms with Crippen molar-refractivity contribution < 1.29 is 0 Å². The Morgan fingerprint density at radius 1 is 0.667 bits per heavy atom. The van der Waals surface area contributed by atoms with E-state index < -0.39 is 0 Å². The summed E-state index contributed by atoms with van der Waals surface area (Å²) in [4.78, 5) is 2.14. The Balaban J connectivity index is 1.87. The van der Waals surface area contributed by atoms with Crippen molar-refractivity contribution in [3.8, 4) is 0 Å². The number of benzene rings is 4. The van der Waals surface area contributed by atoms with Crippen LogP contribution in [0.4, 0.5) is 5.69 Å². The molecule has 4 aromatic rings. The zero-order valence-electron chi connectivity index (χ0n) is 13.9. The topological polar surface area (TPSA) is 3.24 Å². The Morgan fingerprint density at radius 3 is 1.75 bits per heavy atom. The van der Waals surface area contributed by atoms with Gasteiger partial charge in [0.15, 0.2) is 0 Å². The summed E-state index contributed by atoms with van der Waals surface area (Å²) in [6.07, 6.45) is 0. The van der Waals surface area contributed by atoms with Crippen molar-refractivity contribution in [1.29, 1.82) is 0 Å². The van der Waals surface area contributed by atoms with Crippen molar-refractivity contribution in [1.82, 2.24) is 0 Å². The first-order chi connectivity index (χ1) is 11.7. The van der Waals surface area contributed by atoms with E-state index >= 15 is 0 Å². The van der Waals surface area contributed by atoms with Crippen molar-refractivity contribution in [3.63, 3.8) is 0 Å². The van der Waals surface area contributed by atoms with Gasteiger partial charge in [0.2, 0.25) is 0 Å². The number of hydrogen-bond donors (Lipinski definition) is 0. The summed E-state index contributed by atoms with van der Waals surface area (Å²) >= 11 is 0.283. The van der Waals surface area contributed by atoms with Crippen molar-refractivity contribution in [2.24, 2.45) is 0 Å². The first-order valence-electron chi connectivity index (χ1n) is 8.08. The van der Waals surface area contributed by atoms with Crippen LogP contribution in [-0.4, -0.2) is 29.1 Å². The number of nitrogens with zero attached hydrogens (tertiary/aromatic N) is 1. The van der Waals surface area contributed by atoms with Crippen LogP contribution in [0.25, 0.3) is 21.5 Å². The number of fused-ring (bicyclic) bond motifs is 2. The summed E-state index contributed by atoms with van der Waals surface area (Å²) in [5.74, 6) is 0. The Morgan fingerprint density at radius 2 is 1.21 bits per heavy atom. The fourth-order valence-electron chi connectivity index (χ4n) is 3.01. The second-order valence-corrected chi connectivity index (χ2v) is 8.41. The summed E-state index contributed by atoms with van der Waals surface area (Å²) < 4.78 is 2.89. The van der Waals surface area contributed by atoms with Gasteiger partial charge in [-0.25, -0.2) is 0 Å². The van der Waals surface area contributed by atoms with Crippen LogP contribution in [0.2, 0.25) is 0 Å². The van der Waals surface area contributed by atoms with Crippen molar-refractivity contribution in [3.05, 3.63) is 78.9 Å². The molecule has 0 atom stereocenters. The molecule has 0 aliphatic carbocycles. The molecule has 24 heavy (non-hydrogen) atoms. The van der Waals surface area contributed by atoms with Gasteiger partial charge in [0.25, 0.3) is 0 Å². The second-order valence-electron chi connectivity index (χ2n) is 6.14. The zero-order valence-corrected chi connectivity index (χ0v) is 15.6. The van der Waals surface area contributed by atoms with Gasteiger partial charge in [-0.05, 0) is 0 Å². The molecular formula is C22H19NSe. The molecule has 1 nitrogen and oxygen atoms in total. The average Bonchev–Trinajstić information content (AvgIpc) is 2.62. The minimum atomic E-state index is 0.283. The summed E-state index contributed by atoms with van der Waals surface area (Å²) in [6.45, 7) is 0. The molecule has 0 saturated heterocycles. The molecule has 4 aromatic carbocycles. The molecule has 0 aliphatic rings. The Bertz CT molecular complexity index is 949. The Labute approximate surface area is 149 Å². The van der Waals surface area contributed by atoms with Gasteiger partial charge in [-0.2, -0.15) is 0 Å². The number of rotatable bonds is 3. The first kappa shape index (κ1) is 15.3. The third-order valence-corrected chi connectivity index (χ3v) is 6.71. The molecule has 4 rings (SSSR count). The van der Waals surface area contributed by atoms with Crippen molar-refractivity contribution in [2.75, 3.05) is 19.0 Å². The fraction of sp³-hybridized carbons (Fsp3) is 0.0909. The van der Waals surface area contributed by atoms with Crippen LogP contribution in [0.3, 0.4) is 0 Å². The molecule has 118 valence electrons. The van der Waals surface area contributed by atoms with Crippen molar-refractivity contribution >= 4 is 51.1 Å². The van der Waals surface area contributed by atoms with E-state index in [1.54, 1.807) is 0 Å². The zero-order chi connectivity index (χ0) is 16.5. The van der Waals surface area contributed by atoms with E-state index in [4.69, 9.17) is 0 Å². The monoisotopic (exact) mass is 377 g/mol. The fourth-order valence-corrected chi connectivity index (χ4v) is 5.32. The maximum atomic E-state index is 2.30. The third-order valence-electron chi connectivity index (χ3n) is 4.29. The summed E-state index contributed by atoms with van der Waals surface area (Å²) in [7, 11) is 4.16. The quantitative estimate of drug-likeness (QED) is 0.389. The molecule has 0 aromatic heterocycles. The van der Waals surface area contributed by atoms with Gasteiger partial charge in [0.05, 0.1) is 0 Å². The molecule has 0 fully saturated rings. The maximum absolute atomic E-state index is 2.30. The molecule has 0 aliphatic heterocycles. The molecule has 0 bridgehead atoms. The molecular weight excluding hydrogens is 357 g/mol. The number of anilines is 1. The van der Waals surface area contributed by atoms with E-state index in [1.165, 1.54) is 36.2 Å². The Kier molecular flexibility index (Phi) is 4.01. The molecule has 0 saturated carbocycles. The molecule has 2 heteroatoms. The molecule has 0 radical (unpaired) electrons. The predicted molar refractivity (Wildman–Crippen MR) is 107 cm³/mol. The standard InChI is InChI=1S/C22H19NSe/c1-23(2)18-11-13-19(14-12-18)24-22-20-9-5-3-7-16(20)15-17-8-4-6-10-21(17)22/h3-15H,1-2H3. The van der Waals surface area contributed by atoms with Gasteiger partial charge in [-0.1, -0.05) is 0 Å². The van der Waals surface area contributed by atoms with E-state index in [-0.39, 0.29) is 15.0 Å². The first-order valence-corrected chi connectivity index (χ1v) is 9.79. The van der Waals surface area contributed by atoms with E-state index in [1.807, 2.05) is 0 Å². The summed E-state index contributed by atoms with van der Waals surface area (Å²) in [5, 5.41) is 5.43. The van der Waals surface area contributed by atoms with E-state index in [0.717, 1.165) is 0 Å².